The Labute approximate surface area is 74.9 Å². The summed E-state index contributed by atoms with van der Waals surface area (Å²) < 4.78 is 0. The Morgan fingerprint density at radius 3 is 2.25 bits per heavy atom. The van der Waals surface area contributed by atoms with E-state index in [0.29, 0.717) is 11.7 Å². The standard InChI is InChI=1S/C11H18O/c1-2-7-11(12)10-8-5-3-4-6-9-10/h2,7,10H,3-6,8-9H2,1H3/b7-2+. The van der Waals surface area contributed by atoms with Crippen LogP contribution in [0.1, 0.15) is 45.4 Å². The number of allylic oxidation sites excluding steroid dienone is 2. The monoisotopic (exact) mass is 166 g/mol. The molecular weight excluding hydrogens is 148 g/mol. The Kier molecular flexibility index (Phi) is 4.06. The van der Waals surface area contributed by atoms with Crippen LogP contribution in [-0.4, -0.2) is 5.78 Å². The zero-order valence-electron chi connectivity index (χ0n) is 7.88. The molecular formula is C11H18O. The van der Waals surface area contributed by atoms with Gasteiger partial charge in [-0.05, 0) is 25.8 Å². The lowest BCUT2D eigenvalue weighted by Crippen LogP contribution is -2.10. The molecule has 0 unspecified atom stereocenters. The first-order valence-corrected chi connectivity index (χ1v) is 5.01. The van der Waals surface area contributed by atoms with Gasteiger partial charge in [0.1, 0.15) is 0 Å². The van der Waals surface area contributed by atoms with Gasteiger partial charge in [-0.3, -0.25) is 4.79 Å². The maximum atomic E-state index is 11.5. The maximum Gasteiger partial charge on any atom is 0.158 e. The molecule has 0 amide bonds. The summed E-state index contributed by atoms with van der Waals surface area (Å²) in [6.07, 6.45) is 10.9. The van der Waals surface area contributed by atoms with Gasteiger partial charge in [-0.2, -0.15) is 0 Å². The van der Waals surface area contributed by atoms with Crippen LogP contribution in [0.3, 0.4) is 0 Å². The third-order valence-electron chi connectivity index (χ3n) is 2.59. The molecule has 0 aromatic carbocycles. The molecule has 0 heterocycles. The molecule has 0 aliphatic heterocycles. The van der Waals surface area contributed by atoms with Gasteiger partial charge in [0, 0.05) is 5.92 Å². The zero-order chi connectivity index (χ0) is 8.81. The van der Waals surface area contributed by atoms with E-state index in [4.69, 9.17) is 0 Å². The smallest absolute Gasteiger partial charge is 0.158 e. The third kappa shape index (κ3) is 2.80. The average Bonchev–Trinajstić information content (AvgIpc) is 2.32. The van der Waals surface area contributed by atoms with Crippen molar-refractivity contribution in [2.24, 2.45) is 5.92 Å². The fourth-order valence-corrected chi connectivity index (χ4v) is 1.86. The molecule has 68 valence electrons. The molecule has 1 saturated carbocycles. The van der Waals surface area contributed by atoms with Crippen molar-refractivity contribution >= 4 is 5.78 Å². The van der Waals surface area contributed by atoms with E-state index >= 15 is 0 Å². The zero-order valence-corrected chi connectivity index (χ0v) is 7.88. The van der Waals surface area contributed by atoms with Crippen molar-refractivity contribution < 1.29 is 4.79 Å². The molecule has 1 aliphatic carbocycles. The highest BCUT2D eigenvalue weighted by Gasteiger charge is 2.17. The topological polar surface area (TPSA) is 17.1 Å². The Morgan fingerprint density at radius 1 is 1.17 bits per heavy atom. The first-order valence-electron chi connectivity index (χ1n) is 5.01. The summed E-state index contributed by atoms with van der Waals surface area (Å²) in [5, 5.41) is 0. The van der Waals surface area contributed by atoms with Crippen molar-refractivity contribution in [1.82, 2.24) is 0 Å². The van der Waals surface area contributed by atoms with Crippen molar-refractivity contribution in [3.05, 3.63) is 12.2 Å². The SMILES string of the molecule is C/C=C/C(=O)C1CCCCCC1. The second kappa shape index (κ2) is 5.13. The normalized spacial score (nSPS) is 21.1. The first-order chi connectivity index (χ1) is 5.84. The van der Waals surface area contributed by atoms with Gasteiger partial charge in [0.15, 0.2) is 5.78 Å². The number of carbonyl (C=O) groups is 1. The van der Waals surface area contributed by atoms with Gasteiger partial charge in [0.25, 0.3) is 0 Å². The van der Waals surface area contributed by atoms with Crippen molar-refractivity contribution in [3.63, 3.8) is 0 Å². The number of carbonyl (C=O) groups excluding carboxylic acids is 1. The molecule has 0 N–H and O–H groups in total. The largest absolute Gasteiger partial charge is 0.295 e. The average molecular weight is 166 g/mol. The number of rotatable bonds is 2. The molecule has 0 saturated heterocycles. The van der Waals surface area contributed by atoms with E-state index < -0.39 is 0 Å². The summed E-state index contributed by atoms with van der Waals surface area (Å²) in [4.78, 5) is 11.5. The van der Waals surface area contributed by atoms with Crippen LogP contribution in [0, 0.1) is 5.92 Å². The molecule has 1 fully saturated rings. The first kappa shape index (κ1) is 9.50. The Hall–Kier alpha value is -0.590. The molecule has 12 heavy (non-hydrogen) atoms. The molecule has 0 aromatic heterocycles. The summed E-state index contributed by atoms with van der Waals surface area (Å²) >= 11 is 0. The molecule has 0 radical (unpaired) electrons. The van der Waals surface area contributed by atoms with Gasteiger partial charge < -0.3 is 0 Å². The van der Waals surface area contributed by atoms with Crippen LogP contribution in [0.2, 0.25) is 0 Å². The minimum Gasteiger partial charge on any atom is -0.295 e. The fourth-order valence-electron chi connectivity index (χ4n) is 1.86. The minimum absolute atomic E-state index is 0.337. The highest BCUT2D eigenvalue weighted by atomic mass is 16.1. The Balaban J connectivity index is 2.42. The van der Waals surface area contributed by atoms with Crippen LogP contribution in [-0.2, 0) is 4.79 Å². The fraction of sp³-hybridized carbons (Fsp3) is 0.727. The minimum atomic E-state index is 0.337. The van der Waals surface area contributed by atoms with Crippen molar-refractivity contribution in [3.8, 4) is 0 Å². The lowest BCUT2D eigenvalue weighted by atomic mass is 9.95. The van der Waals surface area contributed by atoms with Crippen molar-refractivity contribution in [1.29, 1.82) is 0 Å². The summed E-state index contributed by atoms with van der Waals surface area (Å²) in [6.45, 7) is 1.91. The number of ketones is 1. The van der Waals surface area contributed by atoms with Gasteiger partial charge in [0.05, 0.1) is 0 Å². The van der Waals surface area contributed by atoms with E-state index in [9.17, 15) is 4.79 Å². The van der Waals surface area contributed by atoms with E-state index in [1.807, 2.05) is 13.0 Å². The second-order valence-electron chi connectivity index (χ2n) is 3.59. The molecule has 0 bridgehead atoms. The predicted octanol–water partition coefficient (Wildman–Crippen LogP) is 3.10. The predicted molar refractivity (Wildman–Crippen MR) is 51.0 cm³/mol. The second-order valence-corrected chi connectivity index (χ2v) is 3.59. The molecule has 1 rings (SSSR count). The van der Waals surface area contributed by atoms with Crippen molar-refractivity contribution in [2.75, 3.05) is 0 Å². The van der Waals surface area contributed by atoms with Gasteiger partial charge in [0.2, 0.25) is 0 Å². The molecule has 1 aliphatic rings. The van der Waals surface area contributed by atoms with Crippen LogP contribution in [0.4, 0.5) is 0 Å². The van der Waals surface area contributed by atoms with E-state index in [1.54, 1.807) is 6.08 Å². The highest BCUT2D eigenvalue weighted by Crippen LogP contribution is 2.23. The third-order valence-corrected chi connectivity index (χ3v) is 2.59. The van der Waals surface area contributed by atoms with E-state index in [1.165, 1.54) is 25.7 Å². The summed E-state index contributed by atoms with van der Waals surface area (Å²) in [6, 6.07) is 0. The van der Waals surface area contributed by atoms with Gasteiger partial charge in [-0.25, -0.2) is 0 Å². The van der Waals surface area contributed by atoms with Crippen LogP contribution in [0.5, 0.6) is 0 Å². The lowest BCUT2D eigenvalue weighted by molar-refractivity contribution is -0.118. The molecule has 1 heteroatoms. The lowest BCUT2D eigenvalue weighted by Gasteiger charge is -2.08. The van der Waals surface area contributed by atoms with Crippen molar-refractivity contribution in [2.45, 2.75) is 45.4 Å². The number of hydrogen-bond acceptors (Lipinski definition) is 1. The quantitative estimate of drug-likeness (QED) is 0.455. The van der Waals surface area contributed by atoms with Gasteiger partial charge >= 0.3 is 0 Å². The van der Waals surface area contributed by atoms with Crippen LogP contribution < -0.4 is 0 Å². The Bertz CT molecular complexity index is 162. The summed E-state index contributed by atoms with van der Waals surface area (Å²) in [7, 11) is 0. The van der Waals surface area contributed by atoms with E-state index in [0.717, 1.165) is 12.8 Å². The molecule has 0 aromatic rings. The molecule has 0 spiro atoms. The van der Waals surface area contributed by atoms with E-state index in [2.05, 4.69) is 0 Å². The van der Waals surface area contributed by atoms with Gasteiger partial charge in [-0.15, -0.1) is 0 Å². The molecule has 0 atom stereocenters. The number of hydrogen-bond donors (Lipinski definition) is 0. The summed E-state index contributed by atoms with van der Waals surface area (Å²) in [5.74, 6) is 0.683. The van der Waals surface area contributed by atoms with Crippen LogP contribution >= 0.6 is 0 Å². The van der Waals surface area contributed by atoms with E-state index in [-0.39, 0.29) is 0 Å². The summed E-state index contributed by atoms with van der Waals surface area (Å²) in [5.41, 5.74) is 0. The van der Waals surface area contributed by atoms with Crippen LogP contribution in [0.15, 0.2) is 12.2 Å². The molecule has 1 nitrogen and oxygen atoms in total. The maximum absolute atomic E-state index is 11.5. The highest BCUT2D eigenvalue weighted by molar-refractivity contribution is 5.91. The van der Waals surface area contributed by atoms with Gasteiger partial charge in [-0.1, -0.05) is 31.8 Å². The Morgan fingerprint density at radius 2 is 1.75 bits per heavy atom. The van der Waals surface area contributed by atoms with Crippen LogP contribution in [0.25, 0.3) is 0 Å².